The van der Waals surface area contributed by atoms with E-state index in [9.17, 15) is 5.11 Å². The van der Waals surface area contributed by atoms with E-state index in [1.807, 2.05) is 42.5 Å². The molecule has 1 unspecified atom stereocenters. The van der Waals surface area contributed by atoms with Gasteiger partial charge < -0.3 is 5.11 Å². The van der Waals surface area contributed by atoms with Crippen LogP contribution in [0.5, 0.6) is 0 Å². The van der Waals surface area contributed by atoms with Gasteiger partial charge in [0.1, 0.15) is 6.10 Å². The first-order valence-corrected chi connectivity index (χ1v) is 5.79. The van der Waals surface area contributed by atoms with Gasteiger partial charge in [0.2, 0.25) is 0 Å². The number of aliphatic hydroxyl groups excluding tert-OH is 1. The molecule has 2 aromatic carbocycles. The van der Waals surface area contributed by atoms with Crippen molar-refractivity contribution in [2.24, 2.45) is 0 Å². The molecule has 18 heavy (non-hydrogen) atoms. The van der Waals surface area contributed by atoms with E-state index < -0.39 is 6.10 Å². The van der Waals surface area contributed by atoms with E-state index in [2.05, 4.69) is 9.97 Å². The van der Waals surface area contributed by atoms with Crippen molar-refractivity contribution >= 4 is 10.8 Å². The highest BCUT2D eigenvalue weighted by Crippen LogP contribution is 2.26. The Hall–Kier alpha value is -2.26. The molecule has 3 heteroatoms. The standard InChI is InChI=1S/C15H12N2O/c18-14(15-16-9-4-10-17-15)13-8-3-6-11-5-1-2-7-12(11)13/h1-10,14,18H. The summed E-state index contributed by atoms with van der Waals surface area (Å²) in [6.45, 7) is 0. The largest absolute Gasteiger partial charge is 0.380 e. The number of benzene rings is 2. The highest BCUT2D eigenvalue weighted by Gasteiger charge is 2.15. The average molecular weight is 236 g/mol. The zero-order valence-corrected chi connectivity index (χ0v) is 9.69. The Morgan fingerprint density at radius 3 is 2.39 bits per heavy atom. The Balaban J connectivity index is 2.15. The fourth-order valence-corrected chi connectivity index (χ4v) is 2.08. The highest BCUT2D eigenvalue weighted by molar-refractivity contribution is 5.86. The van der Waals surface area contributed by atoms with Crippen LogP contribution in [0.2, 0.25) is 0 Å². The lowest BCUT2D eigenvalue weighted by atomic mass is 10.00. The van der Waals surface area contributed by atoms with E-state index in [1.165, 1.54) is 0 Å². The normalized spacial score (nSPS) is 12.5. The molecule has 1 heterocycles. The first-order valence-electron chi connectivity index (χ1n) is 5.79. The molecule has 0 aliphatic rings. The third-order valence-corrected chi connectivity index (χ3v) is 2.95. The summed E-state index contributed by atoms with van der Waals surface area (Å²) < 4.78 is 0. The van der Waals surface area contributed by atoms with Crippen LogP contribution < -0.4 is 0 Å². The van der Waals surface area contributed by atoms with Crippen LogP contribution in [0.4, 0.5) is 0 Å². The van der Waals surface area contributed by atoms with Crippen LogP contribution in [-0.4, -0.2) is 15.1 Å². The molecule has 0 aliphatic carbocycles. The van der Waals surface area contributed by atoms with Crippen molar-refractivity contribution in [1.82, 2.24) is 9.97 Å². The highest BCUT2D eigenvalue weighted by atomic mass is 16.3. The van der Waals surface area contributed by atoms with Crippen LogP contribution in [0.15, 0.2) is 60.9 Å². The summed E-state index contributed by atoms with van der Waals surface area (Å²) in [6, 6.07) is 15.6. The Bertz CT molecular complexity index is 662. The summed E-state index contributed by atoms with van der Waals surface area (Å²) in [5.74, 6) is 0.425. The Morgan fingerprint density at radius 2 is 1.56 bits per heavy atom. The first kappa shape index (κ1) is 10.9. The minimum atomic E-state index is -0.794. The van der Waals surface area contributed by atoms with Crippen molar-refractivity contribution < 1.29 is 5.11 Å². The Labute approximate surface area is 105 Å². The van der Waals surface area contributed by atoms with E-state index in [-0.39, 0.29) is 0 Å². The molecule has 3 nitrogen and oxygen atoms in total. The lowest BCUT2D eigenvalue weighted by molar-refractivity contribution is 0.211. The fourth-order valence-electron chi connectivity index (χ4n) is 2.08. The number of aliphatic hydroxyl groups is 1. The number of hydrogen-bond donors (Lipinski definition) is 1. The van der Waals surface area contributed by atoms with Crippen LogP contribution in [0.25, 0.3) is 10.8 Å². The minimum Gasteiger partial charge on any atom is -0.380 e. The molecule has 88 valence electrons. The van der Waals surface area contributed by atoms with Crippen molar-refractivity contribution in [2.75, 3.05) is 0 Å². The van der Waals surface area contributed by atoms with E-state index in [1.54, 1.807) is 18.5 Å². The summed E-state index contributed by atoms with van der Waals surface area (Å²) in [4.78, 5) is 8.20. The monoisotopic (exact) mass is 236 g/mol. The molecule has 3 rings (SSSR count). The average Bonchev–Trinajstić information content (AvgIpc) is 2.47. The summed E-state index contributed by atoms with van der Waals surface area (Å²) in [7, 11) is 0. The molecule has 0 spiro atoms. The van der Waals surface area contributed by atoms with Gasteiger partial charge in [-0.25, -0.2) is 9.97 Å². The van der Waals surface area contributed by atoms with Crippen LogP contribution in [-0.2, 0) is 0 Å². The van der Waals surface area contributed by atoms with Crippen molar-refractivity contribution in [1.29, 1.82) is 0 Å². The number of fused-ring (bicyclic) bond motifs is 1. The molecular weight excluding hydrogens is 224 g/mol. The molecule has 0 radical (unpaired) electrons. The Morgan fingerprint density at radius 1 is 0.833 bits per heavy atom. The van der Waals surface area contributed by atoms with Gasteiger partial charge in [0.25, 0.3) is 0 Å². The maximum absolute atomic E-state index is 10.4. The van der Waals surface area contributed by atoms with E-state index in [0.29, 0.717) is 5.82 Å². The zero-order valence-electron chi connectivity index (χ0n) is 9.69. The van der Waals surface area contributed by atoms with E-state index >= 15 is 0 Å². The van der Waals surface area contributed by atoms with Gasteiger partial charge in [-0.3, -0.25) is 0 Å². The molecule has 0 saturated carbocycles. The number of nitrogens with zero attached hydrogens (tertiary/aromatic N) is 2. The van der Waals surface area contributed by atoms with E-state index in [0.717, 1.165) is 16.3 Å². The third-order valence-electron chi connectivity index (χ3n) is 2.95. The van der Waals surface area contributed by atoms with Crippen molar-refractivity contribution in [3.05, 3.63) is 72.3 Å². The molecule has 0 aliphatic heterocycles. The summed E-state index contributed by atoms with van der Waals surface area (Å²) in [6.07, 6.45) is 2.48. The van der Waals surface area contributed by atoms with Crippen molar-refractivity contribution in [3.63, 3.8) is 0 Å². The van der Waals surface area contributed by atoms with Crippen molar-refractivity contribution in [2.45, 2.75) is 6.10 Å². The molecular formula is C15H12N2O. The van der Waals surface area contributed by atoms with E-state index in [4.69, 9.17) is 0 Å². The molecule has 1 atom stereocenters. The lowest BCUT2D eigenvalue weighted by Crippen LogP contribution is -2.05. The molecule has 0 bridgehead atoms. The van der Waals surface area contributed by atoms with Crippen molar-refractivity contribution in [3.8, 4) is 0 Å². The van der Waals surface area contributed by atoms with Gasteiger partial charge in [-0.1, -0.05) is 42.5 Å². The lowest BCUT2D eigenvalue weighted by Gasteiger charge is -2.12. The van der Waals surface area contributed by atoms with Gasteiger partial charge in [0.15, 0.2) is 5.82 Å². The van der Waals surface area contributed by atoms with Gasteiger partial charge in [-0.05, 0) is 22.4 Å². The van der Waals surface area contributed by atoms with Gasteiger partial charge in [0.05, 0.1) is 0 Å². The molecule has 1 N–H and O–H groups in total. The first-order chi connectivity index (χ1) is 8.86. The van der Waals surface area contributed by atoms with Crippen LogP contribution in [0.3, 0.4) is 0 Å². The van der Waals surface area contributed by atoms with Gasteiger partial charge in [-0.2, -0.15) is 0 Å². The number of rotatable bonds is 2. The quantitative estimate of drug-likeness (QED) is 0.744. The molecule has 1 aromatic heterocycles. The molecule has 0 saturated heterocycles. The topological polar surface area (TPSA) is 46.0 Å². The number of hydrogen-bond acceptors (Lipinski definition) is 3. The third kappa shape index (κ3) is 1.85. The maximum atomic E-state index is 10.4. The van der Waals surface area contributed by atoms with Gasteiger partial charge in [0, 0.05) is 12.4 Å². The van der Waals surface area contributed by atoms with Crippen LogP contribution in [0, 0.1) is 0 Å². The molecule has 0 fully saturated rings. The minimum absolute atomic E-state index is 0.425. The zero-order chi connectivity index (χ0) is 12.4. The SMILES string of the molecule is OC(c1ncccn1)c1cccc2ccccc12. The van der Waals surface area contributed by atoms with Crippen LogP contribution >= 0.6 is 0 Å². The maximum Gasteiger partial charge on any atom is 0.161 e. The summed E-state index contributed by atoms with van der Waals surface area (Å²) >= 11 is 0. The second kappa shape index (κ2) is 4.55. The molecule has 3 aromatic rings. The fraction of sp³-hybridized carbons (Fsp3) is 0.0667. The van der Waals surface area contributed by atoms with Gasteiger partial charge in [-0.15, -0.1) is 0 Å². The second-order valence-corrected chi connectivity index (χ2v) is 4.08. The summed E-state index contributed by atoms with van der Waals surface area (Å²) in [5, 5.41) is 12.5. The Kier molecular flexibility index (Phi) is 2.74. The van der Waals surface area contributed by atoms with Crippen LogP contribution in [0.1, 0.15) is 17.5 Å². The smallest absolute Gasteiger partial charge is 0.161 e. The summed E-state index contributed by atoms with van der Waals surface area (Å²) in [5.41, 5.74) is 0.833. The molecule has 0 amide bonds. The second-order valence-electron chi connectivity index (χ2n) is 4.08. The predicted octanol–water partition coefficient (Wildman–Crippen LogP) is 2.71. The van der Waals surface area contributed by atoms with Gasteiger partial charge >= 0.3 is 0 Å². The predicted molar refractivity (Wildman–Crippen MR) is 70.0 cm³/mol. The number of aromatic nitrogens is 2.